The van der Waals surface area contributed by atoms with Crippen molar-refractivity contribution >= 4 is 27.9 Å². The standard InChI is InChI=1S/C14H19N7O6S/c1-8-6-11(26-3)16-21(15-8)18-14(23)19-28(24,25)12-10(7-20(2)17-12)9-4-5-27-13(9)22/h6-7,9,15H,4-5H2,1-3H3,(H2,18,19,23). The first kappa shape index (κ1) is 19.5. The molecule has 3 heterocycles. The Morgan fingerprint density at radius 3 is 2.86 bits per heavy atom. The van der Waals surface area contributed by atoms with Crippen molar-refractivity contribution in [3.63, 3.8) is 0 Å². The van der Waals surface area contributed by atoms with Gasteiger partial charge in [0.05, 0.1) is 19.6 Å². The van der Waals surface area contributed by atoms with Gasteiger partial charge in [-0.25, -0.2) is 14.9 Å². The zero-order chi connectivity index (χ0) is 20.5. The molecular formula is C14H19N7O6S. The van der Waals surface area contributed by atoms with E-state index in [-0.39, 0.29) is 18.1 Å². The molecule has 1 unspecified atom stereocenters. The minimum Gasteiger partial charge on any atom is -0.480 e. The monoisotopic (exact) mass is 413 g/mol. The molecule has 1 aromatic heterocycles. The summed E-state index contributed by atoms with van der Waals surface area (Å²) >= 11 is 0. The van der Waals surface area contributed by atoms with Crippen molar-refractivity contribution in [2.24, 2.45) is 12.1 Å². The number of aromatic nitrogens is 2. The van der Waals surface area contributed by atoms with Crippen molar-refractivity contribution in [2.45, 2.75) is 24.3 Å². The lowest BCUT2D eigenvalue weighted by molar-refractivity contribution is -0.139. The molecule has 14 heteroatoms. The van der Waals surface area contributed by atoms with E-state index < -0.39 is 33.0 Å². The Morgan fingerprint density at radius 2 is 2.21 bits per heavy atom. The molecule has 2 aliphatic heterocycles. The predicted octanol–water partition coefficient (Wildman–Crippen LogP) is -0.963. The van der Waals surface area contributed by atoms with Gasteiger partial charge in [-0.2, -0.15) is 13.5 Å². The smallest absolute Gasteiger partial charge is 0.350 e. The van der Waals surface area contributed by atoms with Crippen molar-refractivity contribution in [3.8, 4) is 0 Å². The molecule has 28 heavy (non-hydrogen) atoms. The quantitative estimate of drug-likeness (QED) is 0.529. The lowest BCUT2D eigenvalue weighted by Crippen LogP contribution is -2.53. The van der Waals surface area contributed by atoms with Crippen LogP contribution in [0.1, 0.15) is 24.8 Å². The van der Waals surface area contributed by atoms with E-state index >= 15 is 0 Å². The molecule has 13 nitrogen and oxygen atoms in total. The van der Waals surface area contributed by atoms with Crippen LogP contribution < -0.4 is 15.6 Å². The van der Waals surface area contributed by atoms with Crippen LogP contribution in [0.15, 0.2) is 28.1 Å². The van der Waals surface area contributed by atoms with Crippen LogP contribution in [0, 0.1) is 0 Å². The number of rotatable bonds is 4. The van der Waals surface area contributed by atoms with Crippen LogP contribution in [0.5, 0.6) is 0 Å². The summed E-state index contributed by atoms with van der Waals surface area (Å²) in [5, 5.41) is 8.25. The van der Waals surface area contributed by atoms with Crippen LogP contribution in [0.4, 0.5) is 4.79 Å². The molecule has 0 saturated carbocycles. The third kappa shape index (κ3) is 4.00. The Hall–Kier alpha value is -3.29. The molecular weight excluding hydrogens is 394 g/mol. The van der Waals surface area contributed by atoms with E-state index in [0.717, 1.165) is 5.23 Å². The maximum Gasteiger partial charge on any atom is 0.350 e. The normalized spacial score (nSPS) is 19.3. The number of hydrogen-bond acceptors (Lipinski definition) is 10. The Balaban J connectivity index is 1.76. The van der Waals surface area contributed by atoms with Crippen molar-refractivity contribution in [2.75, 3.05) is 13.7 Å². The Bertz CT molecular complexity index is 967. The molecule has 3 N–H and O–H groups in total. The number of ether oxygens (including phenoxy) is 2. The first-order chi connectivity index (χ1) is 13.2. The van der Waals surface area contributed by atoms with Crippen LogP contribution >= 0.6 is 0 Å². The van der Waals surface area contributed by atoms with Gasteiger partial charge >= 0.3 is 12.0 Å². The fourth-order valence-electron chi connectivity index (χ4n) is 2.69. The summed E-state index contributed by atoms with van der Waals surface area (Å²) in [5.41, 5.74) is 5.65. The van der Waals surface area contributed by atoms with Gasteiger partial charge in [0.15, 0.2) is 0 Å². The number of carbonyl (C=O) groups excluding carboxylic acids is 2. The van der Waals surface area contributed by atoms with Crippen molar-refractivity contribution in [1.82, 2.24) is 30.6 Å². The number of nitrogens with zero attached hydrogens (tertiary/aromatic N) is 4. The number of cyclic esters (lactones) is 1. The number of carbonyl (C=O) groups is 2. The average molecular weight is 413 g/mol. The first-order valence-corrected chi connectivity index (χ1v) is 9.59. The van der Waals surface area contributed by atoms with Crippen LogP contribution in [0.2, 0.25) is 0 Å². The van der Waals surface area contributed by atoms with Crippen LogP contribution in [-0.4, -0.2) is 55.0 Å². The molecule has 1 saturated heterocycles. The molecule has 1 atom stereocenters. The number of sulfonamides is 1. The molecule has 0 aromatic carbocycles. The zero-order valence-electron chi connectivity index (χ0n) is 15.3. The molecule has 1 fully saturated rings. The highest BCUT2D eigenvalue weighted by atomic mass is 32.2. The summed E-state index contributed by atoms with van der Waals surface area (Å²) in [6, 6.07) is -1.09. The maximum absolute atomic E-state index is 12.7. The van der Waals surface area contributed by atoms with E-state index in [1.54, 1.807) is 13.0 Å². The number of aryl methyl sites for hydroxylation is 1. The third-order valence-corrected chi connectivity index (χ3v) is 5.13. The van der Waals surface area contributed by atoms with Gasteiger partial charge in [0.2, 0.25) is 10.9 Å². The number of methoxy groups -OCH3 is 1. The van der Waals surface area contributed by atoms with Crippen LogP contribution in [-0.2, 0) is 31.3 Å². The van der Waals surface area contributed by atoms with E-state index in [4.69, 9.17) is 9.47 Å². The molecule has 1 aromatic rings. The van der Waals surface area contributed by atoms with Crippen LogP contribution in [0.25, 0.3) is 0 Å². The third-order valence-electron chi connectivity index (χ3n) is 3.85. The fourth-order valence-corrected chi connectivity index (χ4v) is 3.82. The van der Waals surface area contributed by atoms with Gasteiger partial charge in [0, 0.05) is 30.6 Å². The number of nitrogens with one attached hydrogen (secondary N) is 3. The van der Waals surface area contributed by atoms with Crippen LogP contribution in [0.3, 0.4) is 0 Å². The molecule has 0 bridgehead atoms. The summed E-state index contributed by atoms with van der Waals surface area (Å²) in [4.78, 5) is 24.0. The lowest BCUT2D eigenvalue weighted by Gasteiger charge is -2.24. The molecule has 2 amide bonds. The number of hydrogen-bond donors (Lipinski definition) is 3. The molecule has 0 aliphatic carbocycles. The van der Waals surface area contributed by atoms with Crippen molar-refractivity contribution in [3.05, 3.63) is 23.5 Å². The highest BCUT2D eigenvalue weighted by molar-refractivity contribution is 7.90. The summed E-state index contributed by atoms with van der Waals surface area (Å²) in [5.74, 6) is -1.09. The minimum atomic E-state index is -4.36. The maximum atomic E-state index is 12.7. The Labute approximate surface area is 160 Å². The van der Waals surface area contributed by atoms with Crippen molar-refractivity contribution in [1.29, 1.82) is 0 Å². The molecule has 0 radical (unpaired) electrons. The Kier molecular flexibility index (Phi) is 5.13. The molecule has 2 aliphatic rings. The minimum absolute atomic E-state index is 0.167. The average Bonchev–Trinajstić information content (AvgIpc) is 3.19. The SMILES string of the molecule is COC1=NN(NC(=O)NS(=O)(=O)c2nn(C)cc2C2CCOC2=O)NC(C)=C1. The fraction of sp³-hybridized carbons (Fsp3) is 0.429. The number of hydrazine groups is 2. The second-order valence-electron chi connectivity index (χ2n) is 6.01. The molecule has 0 spiro atoms. The van der Waals surface area contributed by atoms with Gasteiger partial charge in [0.25, 0.3) is 10.0 Å². The summed E-state index contributed by atoms with van der Waals surface area (Å²) in [6.07, 6.45) is 3.32. The Morgan fingerprint density at radius 1 is 1.46 bits per heavy atom. The van der Waals surface area contributed by atoms with Crippen molar-refractivity contribution < 1.29 is 27.5 Å². The number of amides is 2. The highest BCUT2D eigenvalue weighted by Gasteiger charge is 2.36. The zero-order valence-corrected chi connectivity index (χ0v) is 16.1. The van der Waals surface area contributed by atoms with Gasteiger partial charge in [0.1, 0.15) is 0 Å². The molecule has 3 rings (SSSR count). The first-order valence-electron chi connectivity index (χ1n) is 8.11. The topological polar surface area (TPSA) is 156 Å². The predicted molar refractivity (Wildman–Crippen MR) is 93.6 cm³/mol. The number of esters is 1. The molecule has 152 valence electrons. The van der Waals surface area contributed by atoms with Gasteiger partial charge < -0.3 is 9.47 Å². The lowest BCUT2D eigenvalue weighted by atomic mass is 10.0. The van der Waals surface area contributed by atoms with E-state index in [0.29, 0.717) is 12.1 Å². The summed E-state index contributed by atoms with van der Waals surface area (Å²) in [6.45, 7) is 1.89. The number of hydrazone groups is 1. The van der Waals surface area contributed by atoms with E-state index in [1.165, 1.54) is 25.0 Å². The second kappa shape index (κ2) is 7.38. The van der Waals surface area contributed by atoms with E-state index in [2.05, 4.69) is 21.1 Å². The van der Waals surface area contributed by atoms with Gasteiger partial charge in [-0.15, -0.1) is 5.23 Å². The van der Waals surface area contributed by atoms with E-state index in [1.807, 2.05) is 4.72 Å². The number of allylic oxidation sites excluding steroid dienone is 1. The number of urea groups is 1. The van der Waals surface area contributed by atoms with Gasteiger partial charge in [-0.1, -0.05) is 5.10 Å². The van der Waals surface area contributed by atoms with Gasteiger partial charge in [-0.3, -0.25) is 14.9 Å². The second-order valence-corrected chi connectivity index (χ2v) is 7.61. The largest absolute Gasteiger partial charge is 0.480 e. The van der Waals surface area contributed by atoms with Gasteiger partial charge in [-0.05, 0) is 13.3 Å². The van der Waals surface area contributed by atoms with E-state index in [9.17, 15) is 18.0 Å². The highest BCUT2D eigenvalue weighted by Crippen LogP contribution is 2.30. The summed E-state index contributed by atoms with van der Waals surface area (Å²) < 4.78 is 38.3. The summed E-state index contributed by atoms with van der Waals surface area (Å²) in [7, 11) is -1.46.